The fourth-order valence-electron chi connectivity index (χ4n) is 3.02. The van der Waals surface area contributed by atoms with Crippen LogP contribution in [0, 0.1) is 0 Å². The van der Waals surface area contributed by atoms with Crippen LogP contribution >= 0.6 is 0 Å². The molecule has 0 spiro atoms. The van der Waals surface area contributed by atoms with Gasteiger partial charge in [0.15, 0.2) is 29.3 Å². The molecule has 1 fully saturated rings. The second-order valence-electron chi connectivity index (χ2n) is 6.98. The summed E-state index contributed by atoms with van der Waals surface area (Å²) in [5.74, 6) is 0. The molecule has 1 aliphatic carbocycles. The molecule has 0 bridgehead atoms. The zero-order valence-corrected chi connectivity index (χ0v) is 20.9. The van der Waals surface area contributed by atoms with Crippen molar-refractivity contribution in [3.05, 3.63) is 75.9 Å². The molecule has 0 amide bonds. The first-order valence-corrected chi connectivity index (χ1v) is 13.9. The van der Waals surface area contributed by atoms with Crippen LogP contribution in [-0.4, -0.2) is 47.6 Å². The third-order valence-electron chi connectivity index (χ3n) is 4.97. The lowest BCUT2D eigenvalue weighted by Gasteiger charge is -2.36. The third kappa shape index (κ3) is 9.14. The first kappa shape index (κ1) is 24.0. The summed E-state index contributed by atoms with van der Waals surface area (Å²) in [5, 5.41) is 0. The SMILES string of the molecule is C=CC(C=C)[SiH2]OC1CC(O[SiH2]C(C=C)C=C)CC(O[SiH2]C(C=C)C=C)C1. The number of allylic oxidation sites excluding steroid dienone is 6. The van der Waals surface area contributed by atoms with E-state index in [9.17, 15) is 0 Å². The van der Waals surface area contributed by atoms with Crippen LogP contribution < -0.4 is 0 Å². The number of hydrogen-bond donors (Lipinski definition) is 0. The molecule has 1 saturated carbocycles. The van der Waals surface area contributed by atoms with Crippen molar-refractivity contribution < 1.29 is 13.3 Å². The maximum Gasteiger partial charge on any atom is 0.172 e. The molecule has 0 atom stereocenters. The molecule has 0 aromatic heterocycles. The van der Waals surface area contributed by atoms with E-state index in [2.05, 4.69) is 39.5 Å². The molecule has 0 saturated heterocycles. The highest BCUT2D eigenvalue weighted by Crippen LogP contribution is 2.28. The van der Waals surface area contributed by atoms with Crippen molar-refractivity contribution in [2.75, 3.05) is 0 Å². The normalized spacial score (nSPS) is 23.9. The van der Waals surface area contributed by atoms with Gasteiger partial charge < -0.3 is 13.3 Å². The zero-order chi connectivity index (χ0) is 20.1. The van der Waals surface area contributed by atoms with Gasteiger partial charge in [0.25, 0.3) is 0 Å². The summed E-state index contributed by atoms with van der Waals surface area (Å²) in [5.41, 5.74) is 0.934. The second-order valence-corrected chi connectivity index (χ2v) is 11.8. The van der Waals surface area contributed by atoms with Crippen molar-refractivity contribution in [1.82, 2.24) is 0 Å². The maximum absolute atomic E-state index is 6.29. The molecule has 0 unspecified atom stereocenters. The van der Waals surface area contributed by atoms with Crippen LogP contribution in [0.1, 0.15) is 19.3 Å². The average molecular weight is 421 g/mol. The van der Waals surface area contributed by atoms with Crippen molar-refractivity contribution in [2.45, 2.75) is 54.2 Å². The van der Waals surface area contributed by atoms with Crippen molar-refractivity contribution in [1.29, 1.82) is 0 Å². The summed E-state index contributed by atoms with van der Waals surface area (Å²) >= 11 is 0. The minimum atomic E-state index is -0.731. The van der Waals surface area contributed by atoms with E-state index >= 15 is 0 Å². The van der Waals surface area contributed by atoms with Crippen LogP contribution in [0.2, 0.25) is 16.6 Å². The third-order valence-corrected chi connectivity index (χ3v) is 10.1. The van der Waals surface area contributed by atoms with Gasteiger partial charge in [0.05, 0.1) is 0 Å². The Bertz CT molecular complexity index is 408. The van der Waals surface area contributed by atoms with Crippen LogP contribution in [0.5, 0.6) is 0 Å². The van der Waals surface area contributed by atoms with Crippen LogP contribution in [0.4, 0.5) is 0 Å². The number of rotatable bonds is 15. The van der Waals surface area contributed by atoms with E-state index in [0.29, 0.717) is 16.6 Å². The monoisotopic (exact) mass is 420 g/mol. The van der Waals surface area contributed by atoms with E-state index in [4.69, 9.17) is 13.3 Å². The average Bonchev–Trinajstić information content (AvgIpc) is 2.70. The Hall–Kier alpha value is -1.03. The van der Waals surface area contributed by atoms with Crippen LogP contribution in [-0.2, 0) is 13.3 Å². The smallest absolute Gasteiger partial charge is 0.172 e. The van der Waals surface area contributed by atoms with Crippen molar-refractivity contribution in [3.8, 4) is 0 Å². The van der Waals surface area contributed by atoms with Gasteiger partial charge in [0.1, 0.15) is 0 Å². The topological polar surface area (TPSA) is 27.7 Å². The van der Waals surface area contributed by atoms with Crippen molar-refractivity contribution in [3.63, 3.8) is 0 Å². The Morgan fingerprint density at radius 3 is 0.926 bits per heavy atom. The largest absolute Gasteiger partial charge is 0.420 e. The lowest BCUT2D eigenvalue weighted by molar-refractivity contribution is 0.00712. The van der Waals surface area contributed by atoms with Gasteiger partial charge in [-0.3, -0.25) is 0 Å². The molecule has 0 aromatic rings. The standard InChI is InChI=1S/C21H36O3Si3/c1-7-19(8-2)25-22-16-13-17(23-26-20(9-3)10-4)15-18(14-16)24-27-21(11-5)12-6/h7-12,16-21H,1-6,13-15,25-27H2. The summed E-state index contributed by atoms with van der Waals surface area (Å²) in [6.45, 7) is 23.2. The van der Waals surface area contributed by atoms with Gasteiger partial charge >= 0.3 is 0 Å². The van der Waals surface area contributed by atoms with E-state index in [0.717, 1.165) is 19.3 Å². The minimum Gasteiger partial charge on any atom is -0.420 e. The Morgan fingerprint density at radius 2 is 0.741 bits per heavy atom. The summed E-state index contributed by atoms with van der Waals surface area (Å²) in [6.07, 6.45) is 15.0. The van der Waals surface area contributed by atoms with Gasteiger partial charge in [-0.2, -0.15) is 0 Å². The lowest BCUT2D eigenvalue weighted by Crippen LogP contribution is -2.39. The van der Waals surface area contributed by atoms with E-state index in [1.165, 1.54) is 0 Å². The summed E-state index contributed by atoms with van der Waals surface area (Å²) in [7, 11) is -2.19. The highest BCUT2D eigenvalue weighted by Gasteiger charge is 2.30. The van der Waals surface area contributed by atoms with E-state index in [1.54, 1.807) is 0 Å². The Morgan fingerprint density at radius 1 is 0.519 bits per heavy atom. The molecule has 0 heterocycles. The van der Waals surface area contributed by atoms with E-state index < -0.39 is 29.3 Å². The van der Waals surface area contributed by atoms with E-state index in [1.807, 2.05) is 36.5 Å². The van der Waals surface area contributed by atoms with Gasteiger partial charge in [0, 0.05) is 34.9 Å². The fourth-order valence-corrected chi connectivity index (χ4v) is 6.13. The molecular weight excluding hydrogens is 384 g/mol. The van der Waals surface area contributed by atoms with E-state index in [-0.39, 0.29) is 18.3 Å². The van der Waals surface area contributed by atoms with Gasteiger partial charge in [-0.1, -0.05) is 36.5 Å². The molecule has 150 valence electrons. The Kier molecular flexibility index (Phi) is 12.5. The highest BCUT2D eigenvalue weighted by molar-refractivity contribution is 6.32. The van der Waals surface area contributed by atoms with Crippen LogP contribution in [0.15, 0.2) is 75.9 Å². The molecule has 0 N–H and O–H groups in total. The molecule has 0 radical (unpaired) electrons. The predicted molar refractivity (Wildman–Crippen MR) is 127 cm³/mol. The molecule has 27 heavy (non-hydrogen) atoms. The Labute approximate surface area is 172 Å². The number of hydrogen-bond acceptors (Lipinski definition) is 3. The lowest BCUT2D eigenvalue weighted by atomic mass is 9.93. The zero-order valence-electron chi connectivity index (χ0n) is 16.6. The van der Waals surface area contributed by atoms with Gasteiger partial charge in [-0.25, -0.2) is 0 Å². The first-order chi connectivity index (χ1) is 13.1. The van der Waals surface area contributed by atoms with Crippen molar-refractivity contribution >= 4 is 29.3 Å². The summed E-state index contributed by atoms with van der Waals surface area (Å²) < 4.78 is 18.9. The molecule has 1 rings (SSSR count). The highest BCUT2D eigenvalue weighted by atomic mass is 28.2. The summed E-state index contributed by atoms with van der Waals surface area (Å²) in [6, 6.07) is 0. The minimum absolute atomic E-state index is 0.197. The molecule has 0 aromatic carbocycles. The van der Waals surface area contributed by atoms with Crippen molar-refractivity contribution in [2.24, 2.45) is 0 Å². The summed E-state index contributed by atoms with van der Waals surface area (Å²) in [4.78, 5) is 0. The molecule has 1 aliphatic rings. The second kappa shape index (κ2) is 14.0. The van der Waals surface area contributed by atoms with Crippen LogP contribution in [0.3, 0.4) is 0 Å². The van der Waals surface area contributed by atoms with Gasteiger partial charge in [-0.05, 0) is 19.3 Å². The Balaban J connectivity index is 2.66. The fraction of sp³-hybridized carbons (Fsp3) is 0.429. The maximum atomic E-state index is 6.29. The van der Waals surface area contributed by atoms with Gasteiger partial charge in [-0.15, -0.1) is 39.5 Å². The first-order valence-electron chi connectivity index (χ1n) is 9.70. The van der Waals surface area contributed by atoms with Gasteiger partial charge in [0.2, 0.25) is 0 Å². The molecule has 6 heteroatoms. The predicted octanol–water partition coefficient (Wildman–Crippen LogP) is 3.06. The molecule has 0 aliphatic heterocycles. The van der Waals surface area contributed by atoms with Crippen LogP contribution in [0.25, 0.3) is 0 Å². The quantitative estimate of drug-likeness (QED) is 0.301. The molecular formula is C21H36O3Si3. The molecule has 3 nitrogen and oxygen atoms in total.